The highest BCUT2D eigenvalue weighted by molar-refractivity contribution is 5.87. The van der Waals surface area contributed by atoms with Crippen LogP contribution in [-0.4, -0.2) is 63.3 Å². The van der Waals surface area contributed by atoms with Gasteiger partial charge in [0.05, 0.1) is 39.5 Å². The van der Waals surface area contributed by atoms with Crippen LogP contribution in [0.2, 0.25) is 0 Å². The van der Waals surface area contributed by atoms with Crippen LogP contribution in [0.1, 0.15) is 37.4 Å². The summed E-state index contributed by atoms with van der Waals surface area (Å²) in [5.74, 6) is 2.77. The monoisotopic (exact) mass is 519 g/mol. The molecule has 1 aromatic heterocycles. The molecule has 0 saturated heterocycles. The fourth-order valence-electron chi connectivity index (χ4n) is 4.17. The van der Waals surface area contributed by atoms with Crippen LogP contribution in [-0.2, 0) is 13.0 Å². The zero-order chi connectivity index (χ0) is 25.5. The summed E-state index contributed by atoms with van der Waals surface area (Å²) in [4.78, 5) is 15.5. The van der Waals surface area contributed by atoms with Gasteiger partial charge >= 0.3 is 0 Å². The maximum absolute atomic E-state index is 13.2. The van der Waals surface area contributed by atoms with E-state index in [1.165, 1.54) is 5.56 Å². The SMILES string of the molecule is COc1ccc(CCN(C)CCCn2nc(C(C)C)c3cc(OC)c(OC)cc3c2=O)cc1OC.Cl. The third kappa shape index (κ3) is 6.62. The number of fused-ring (bicyclic) bond motifs is 1. The van der Waals surface area contributed by atoms with Gasteiger partial charge in [0.2, 0.25) is 0 Å². The first-order chi connectivity index (χ1) is 16.8. The van der Waals surface area contributed by atoms with Gasteiger partial charge in [-0.15, -0.1) is 12.4 Å². The summed E-state index contributed by atoms with van der Waals surface area (Å²) < 4.78 is 23.2. The van der Waals surface area contributed by atoms with Crippen molar-refractivity contribution in [2.45, 2.75) is 39.2 Å². The number of ether oxygens (including phenoxy) is 4. The van der Waals surface area contributed by atoms with Crippen molar-refractivity contribution in [1.29, 1.82) is 0 Å². The summed E-state index contributed by atoms with van der Waals surface area (Å²) >= 11 is 0. The Morgan fingerprint density at radius 1 is 0.861 bits per heavy atom. The van der Waals surface area contributed by atoms with E-state index < -0.39 is 0 Å². The van der Waals surface area contributed by atoms with E-state index in [0.717, 1.165) is 48.5 Å². The van der Waals surface area contributed by atoms with Gasteiger partial charge in [-0.25, -0.2) is 4.68 Å². The summed E-state index contributed by atoms with van der Waals surface area (Å²) in [6.45, 7) is 6.44. The Balaban J connectivity index is 0.00000456. The average molecular weight is 520 g/mol. The maximum atomic E-state index is 13.2. The quantitative estimate of drug-likeness (QED) is 0.347. The second-order valence-electron chi connectivity index (χ2n) is 8.92. The molecular formula is C27H38ClN3O5. The van der Waals surface area contributed by atoms with Crippen molar-refractivity contribution in [1.82, 2.24) is 14.7 Å². The first kappa shape index (κ1) is 29.3. The van der Waals surface area contributed by atoms with Crippen molar-refractivity contribution in [3.63, 3.8) is 0 Å². The van der Waals surface area contributed by atoms with E-state index in [0.29, 0.717) is 23.4 Å². The summed E-state index contributed by atoms with van der Waals surface area (Å²) in [6, 6.07) is 9.62. The van der Waals surface area contributed by atoms with Crippen molar-refractivity contribution in [2.75, 3.05) is 48.6 Å². The van der Waals surface area contributed by atoms with Gasteiger partial charge < -0.3 is 23.8 Å². The third-order valence-electron chi connectivity index (χ3n) is 6.18. The number of likely N-dealkylation sites (N-methyl/N-ethyl adjacent to an activating group) is 1. The molecular weight excluding hydrogens is 482 g/mol. The molecule has 36 heavy (non-hydrogen) atoms. The van der Waals surface area contributed by atoms with Gasteiger partial charge in [0, 0.05) is 18.5 Å². The molecule has 0 N–H and O–H groups in total. The Hall–Kier alpha value is -2.97. The molecule has 2 aromatic carbocycles. The number of nitrogens with zero attached hydrogens (tertiary/aromatic N) is 3. The molecule has 0 aliphatic heterocycles. The zero-order valence-corrected chi connectivity index (χ0v) is 23.1. The van der Waals surface area contributed by atoms with Crippen molar-refractivity contribution in [2.24, 2.45) is 0 Å². The zero-order valence-electron chi connectivity index (χ0n) is 22.3. The molecule has 0 atom stereocenters. The first-order valence-corrected chi connectivity index (χ1v) is 11.9. The number of rotatable bonds is 12. The van der Waals surface area contributed by atoms with Crippen LogP contribution in [0, 0.1) is 0 Å². The second-order valence-corrected chi connectivity index (χ2v) is 8.92. The number of methoxy groups -OCH3 is 4. The number of hydrogen-bond acceptors (Lipinski definition) is 7. The summed E-state index contributed by atoms with van der Waals surface area (Å²) in [5.41, 5.74) is 1.95. The van der Waals surface area contributed by atoms with Crippen molar-refractivity contribution >= 4 is 23.2 Å². The highest BCUT2D eigenvalue weighted by atomic mass is 35.5. The molecule has 0 unspecified atom stereocenters. The lowest BCUT2D eigenvalue weighted by molar-refractivity contribution is 0.319. The highest BCUT2D eigenvalue weighted by Gasteiger charge is 2.17. The van der Waals surface area contributed by atoms with Crippen molar-refractivity contribution < 1.29 is 18.9 Å². The molecule has 0 aliphatic carbocycles. The summed E-state index contributed by atoms with van der Waals surface area (Å²) in [7, 11) is 8.54. The van der Waals surface area contributed by atoms with Gasteiger partial charge in [-0.05, 0) is 62.2 Å². The molecule has 0 aliphatic rings. The van der Waals surface area contributed by atoms with E-state index in [4.69, 9.17) is 24.0 Å². The summed E-state index contributed by atoms with van der Waals surface area (Å²) in [5, 5.41) is 6.13. The molecule has 198 valence electrons. The van der Waals surface area contributed by atoms with Crippen LogP contribution >= 0.6 is 12.4 Å². The van der Waals surface area contributed by atoms with Crippen molar-refractivity contribution in [3.8, 4) is 23.0 Å². The number of aromatic nitrogens is 2. The third-order valence-corrected chi connectivity index (χ3v) is 6.18. The van der Waals surface area contributed by atoms with Gasteiger partial charge in [0.15, 0.2) is 23.0 Å². The van der Waals surface area contributed by atoms with Crippen LogP contribution in [0.5, 0.6) is 23.0 Å². The smallest absolute Gasteiger partial charge is 0.274 e. The lowest BCUT2D eigenvalue weighted by Gasteiger charge is -2.18. The lowest BCUT2D eigenvalue weighted by atomic mass is 10.0. The molecule has 9 heteroatoms. The molecule has 0 saturated carbocycles. The van der Waals surface area contributed by atoms with Crippen molar-refractivity contribution in [3.05, 3.63) is 51.9 Å². The minimum absolute atomic E-state index is 0. The largest absolute Gasteiger partial charge is 0.493 e. The minimum Gasteiger partial charge on any atom is -0.493 e. The van der Waals surface area contributed by atoms with E-state index in [1.54, 1.807) is 39.2 Å². The molecule has 0 bridgehead atoms. The van der Waals surface area contributed by atoms with E-state index >= 15 is 0 Å². The van der Waals surface area contributed by atoms with Gasteiger partial charge in [0.25, 0.3) is 5.56 Å². The lowest BCUT2D eigenvalue weighted by Crippen LogP contribution is -2.28. The molecule has 0 amide bonds. The molecule has 0 radical (unpaired) electrons. The number of halogens is 1. The van der Waals surface area contributed by atoms with Crippen LogP contribution in [0.3, 0.4) is 0 Å². The van der Waals surface area contributed by atoms with Gasteiger partial charge in [0.1, 0.15) is 0 Å². The Morgan fingerprint density at radius 2 is 1.44 bits per heavy atom. The molecule has 3 aromatic rings. The van der Waals surface area contributed by atoms with Gasteiger partial charge in [-0.2, -0.15) is 5.10 Å². The van der Waals surface area contributed by atoms with E-state index in [-0.39, 0.29) is 23.9 Å². The minimum atomic E-state index is -0.113. The number of aryl methyl sites for hydroxylation is 1. The van der Waals surface area contributed by atoms with Crippen LogP contribution < -0.4 is 24.5 Å². The Labute approximate surface area is 219 Å². The van der Waals surface area contributed by atoms with Crippen LogP contribution in [0.15, 0.2) is 35.1 Å². The topological polar surface area (TPSA) is 75.0 Å². The van der Waals surface area contributed by atoms with E-state index in [2.05, 4.69) is 31.9 Å². The normalized spacial score (nSPS) is 11.0. The summed E-state index contributed by atoms with van der Waals surface area (Å²) in [6.07, 6.45) is 1.70. The second kappa shape index (κ2) is 13.4. The fraction of sp³-hybridized carbons (Fsp3) is 0.481. The molecule has 8 nitrogen and oxygen atoms in total. The highest BCUT2D eigenvalue weighted by Crippen LogP contribution is 2.33. The predicted octanol–water partition coefficient (Wildman–Crippen LogP) is 4.54. The first-order valence-electron chi connectivity index (χ1n) is 11.9. The number of hydrogen-bond donors (Lipinski definition) is 0. The standard InChI is InChI=1S/C27H37N3O5.ClH/c1-18(2)26-20-16-24(34-6)25(35-7)17-21(20)27(31)30(28-26)13-8-12-29(3)14-11-19-9-10-22(32-4)23(15-19)33-5;/h9-10,15-18H,8,11-14H2,1-7H3;1H. The average Bonchev–Trinajstić information content (AvgIpc) is 2.87. The van der Waals surface area contributed by atoms with Gasteiger partial charge in [-0.3, -0.25) is 4.79 Å². The van der Waals surface area contributed by atoms with E-state index in [9.17, 15) is 4.79 Å². The van der Waals surface area contributed by atoms with Crippen LogP contribution in [0.25, 0.3) is 10.8 Å². The Morgan fingerprint density at radius 3 is 2.03 bits per heavy atom. The van der Waals surface area contributed by atoms with E-state index in [1.807, 2.05) is 18.2 Å². The molecule has 0 fully saturated rings. The van der Waals surface area contributed by atoms with Crippen LogP contribution in [0.4, 0.5) is 0 Å². The predicted molar refractivity (Wildman–Crippen MR) is 146 cm³/mol. The molecule has 1 heterocycles. The number of benzene rings is 2. The van der Waals surface area contributed by atoms with Gasteiger partial charge in [-0.1, -0.05) is 19.9 Å². The maximum Gasteiger partial charge on any atom is 0.274 e. The fourth-order valence-corrected chi connectivity index (χ4v) is 4.17. The Bertz CT molecular complexity index is 1210. The molecule has 0 spiro atoms. The molecule has 3 rings (SSSR count). The Kier molecular flexibility index (Phi) is 10.9.